The third kappa shape index (κ3) is 4.76. The summed E-state index contributed by atoms with van der Waals surface area (Å²) in [5.41, 5.74) is 0.712. The Morgan fingerprint density at radius 1 is 0.774 bits per heavy atom. The molecule has 2 aromatic carbocycles. The molecular weight excluding hydrogens is 388 g/mol. The monoisotopic (exact) mass is 418 g/mol. The van der Waals surface area contributed by atoms with Crippen molar-refractivity contribution in [2.45, 2.75) is 56.9 Å². The number of hydrogen-bond acceptors (Lipinski definition) is 3. The standard InChI is InChI=1S/C26H30N2O3/c29-24(27-21-6-8-23(9-7-21)31-22-4-2-1-3-5-22)10-11-25(30)28-26-15-18-12-19(16-26)14-20(13-18)17-26/h1-9,18-20H,10-17H2,(H,27,29)(H,28,30). The fourth-order valence-electron chi connectivity index (χ4n) is 6.30. The first-order valence-corrected chi connectivity index (χ1v) is 11.5. The normalized spacial score (nSPS) is 28.2. The second-order valence-electron chi connectivity index (χ2n) is 9.73. The zero-order valence-corrected chi connectivity index (χ0v) is 17.8. The number of para-hydroxylation sites is 1. The number of benzene rings is 2. The predicted octanol–water partition coefficient (Wildman–Crippen LogP) is 5.28. The molecule has 0 atom stereocenters. The first-order valence-electron chi connectivity index (χ1n) is 11.5. The molecule has 2 amide bonds. The van der Waals surface area contributed by atoms with E-state index in [1.54, 1.807) is 0 Å². The largest absolute Gasteiger partial charge is 0.457 e. The number of carbonyl (C=O) groups is 2. The Morgan fingerprint density at radius 2 is 1.32 bits per heavy atom. The Balaban J connectivity index is 1.08. The average Bonchev–Trinajstić information content (AvgIpc) is 2.73. The fraction of sp³-hybridized carbons (Fsp3) is 0.462. The lowest BCUT2D eigenvalue weighted by Crippen LogP contribution is -2.59. The summed E-state index contributed by atoms with van der Waals surface area (Å²) in [7, 11) is 0. The van der Waals surface area contributed by atoms with Crippen molar-refractivity contribution in [2.24, 2.45) is 17.8 Å². The average molecular weight is 419 g/mol. The SMILES string of the molecule is O=C(CCC(=O)NC12CC3CC(CC(C3)C1)C2)Nc1ccc(Oc2ccccc2)cc1. The van der Waals surface area contributed by atoms with Gasteiger partial charge in [-0.15, -0.1) is 0 Å². The zero-order chi connectivity index (χ0) is 21.3. The van der Waals surface area contributed by atoms with Crippen LogP contribution in [-0.2, 0) is 9.59 Å². The van der Waals surface area contributed by atoms with Gasteiger partial charge in [-0.3, -0.25) is 9.59 Å². The first-order chi connectivity index (χ1) is 15.1. The molecule has 6 rings (SSSR count). The van der Waals surface area contributed by atoms with Gasteiger partial charge in [0, 0.05) is 24.1 Å². The molecule has 4 aliphatic rings. The van der Waals surface area contributed by atoms with Gasteiger partial charge in [0.25, 0.3) is 0 Å². The quantitative estimate of drug-likeness (QED) is 0.643. The van der Waals surface area contributed by atoms with Gasteiger partial charge in [-0.2, -0.15) is 0 Å². The second kappa shape index (κ2) is 8.37. The van der Waals surface area contributed by atoms with Crippen molar-refractivity contribution in [1.29, 1.82) is 0 Å². The van der Waals surface area contributed by atoms with Crippen molar-refractivity contribution in [3.63, 3.8) is 0 Å². The maximum atomic E-state index is 12.6. The maximum Gasteiger partial charge on any atom is 0.224 e. The van der Waals surface area contributed by atoms with Crippen LogP contribution < -0.4 is 15.4 Å². The minimum absolute atomic E-state index is 0.0108. The fourth-order valence-corrected chi connectivity index (χ4v) is 6.30. The van der Waals surface area contributed by atoms with Gasteiger partial charge in [-0.25, -0.2) is 0 Å². The van der Waals surface area contributed by atoms with Gasteiger partial charge in [0.15, 0.2) is 0 Å². The molecule has 0 aromatic heterocycles. The Bertz CT molecular complexity index is 904. The van der Waals surface area contributed by atoms with Crippen LogP contribution in [0.15, 0.2) is 54.6 Å². The Labute approximate surface area is 183 Å². The van der Waals surface area contributed by atoms with Crippen molar-refractivity contribution in [3.8, 4) is 11.5 Å². The van der Waals surface area contributed by atoms with E-state index in [9.17, 15) is 9.59 Å². The highest BCUT2D eigenvalue weighted by Crippen LogP contribution is 2.55. The summed E-state index contributed by atoms with van der Waals surface area (Å²) in [6.07, 6.45) is 7.90. The molecule has 5 nitrogen and oxygen atoms in total. The lowest BCUT2D eigenvalue weighted by Gasteiger charge is -2.56. The van der Waals surface area contributed by atoms with E-state index in [2.05, 4.69) is 10.6 Å². The number of anilines is 1. The summed E-state index contributed by atoms with van der Waals surface area (Å²) in [6, 6.07) is 16.8. The van der Waals surface area contributed by atoms with Crippen LogP contribution in [0.2, 0.25) is 0 Å². The molecule has 4 aliphatic carbocycles. The third-order valence-electron chi connectivity index (χ3n) is 7.14. The molecule has 162 valence electrons. The summed E-state index contributed by atoms with van der Waals surface area (Å²) < 4.78 is 5.77. The number of hydrogen-bond donors (Lipinski definition) is 2. The summed E-state index contributed by atoms with van der Waals surface area (Å²) in [4.78, 5) is 24.9. The molecule has 0 radical (unpaired) electrons. The molecule has 0 heterocycles. The van der Waals surface area contributed by atoms with Crippen LogP contribution >= 0.6 is 0 Å². The van der Waals surface area contributed by atoms with Gasteiger partial charge in [0.1, 0.15) is 11.5 Å². The van der Waals surface area contributed by atoms with Crippen molar-refractivity contribution in [1.82, 2.24) is 5.32 Å². The van der Waals surface area contributed by atoms with E-state index in [-0.39, 0.29) is 30.2 Å². The number of carbonyl (C=O) groups excluding carboxylic acids is 2. The molecule has 0 unspecified atom stereocenters. The van der Waals surface area contributed by atoms with Crippen LogP contribution in [0.5, 0.6) is 11.5 Å². The highest BCUT2D eigenvalue weighted by molar-refractivity contribution is 5.93. The van der Waals surface area contributed by atoms with Crippen LogP contribution in [0, 0.1) is 17.8 Å². The third-order valence-corrected chi connectivity index (χ3v) is 7.14. The van der Waals surface area contributed by atoms with Crippen molar-refractivity contribution < 1.29 is 14.3 Å². The summed E-state index contributed by atoms with van der Waals surface area (Å²) in [6.45, 7) is 0. The van der Waals surface area contributed by atoms with E-state index in [1.807, 2.05) is 54.6 Å². The van der Waals surface area contributed by atoms with E-state index in [0.29, 0.717) is 11.4 Å². The molecule has 5 heteroatoms. The van der Waals surface area contributed by atoms with Gasteiger partial charge in [-0.05, 0) is 92.7 Å². The molecular formula is C26H30N2O3. The molecule has 4 bridgehead atoms. The summed E-state index contributed by atoms with van der Waals surface area (Å²) in [5, 5.41) is 6.21. The van der Waals surface area contributed by atoms with Gasteiger partial charge >= 0.3 is 0 Å². The smallest absolute Gasteiger partial charge is 0.224 e. The molecule has 0 spiro atoms. The minimum atomic E-state index is -0.141. The van der Waals surface area contributed by atoms with Crippen molar-refractivity contribution >= 4 is 17.5 Å². The molecule has 0 saturated heterocycles. The van der Waals surface area contributed by atoms with Crippen LogP contribution in [0.3, 0.4) is 0 Å². The minimum Gasteiger partial charge on any atom is -0.457 e. The first kappa shape index (κ1) is 20.1. The zero-order valence-electron chi connectivity index (χ0n) is 17.8. The Morgan fingerprint density at radius 3 is 1.94 bits per heavy atom. The van der Waals surface area contributed by atoms with Crippen molar-refractivity contribution in [3.05, 3.63) is 54.6 Å². The summed E-state index contributed by atoms with van der Waals surface area (Å²) in [5.74, 6) is 3.74. The van der Waals surface area contributed by atoms with E-state index in [0.717, 1.165) is 42.8 Å². The molecule has 4 fully saturated rings. The molecule has 31 heavy (non-hydrogen) atoms. The molecule has 4 saturated carbocycles. The second-order valence-corrected chi connectivity index (χ2v) is 9.73. The highest BCUT2D eigenvalue weighted by atomic mass is 16.5. The lowest BCUT2D eigenvalue weighted by molar-refractivity contribution is -0.129. The Hall–Kier alpha value is -2.82. The summed E-state index contributed by atoms with van der Waals surface area (Å²) >= 11 is 0. The van der Waals surface area contributed by atoms with Gasteiger partial charge < -0.3 is 15.4 Å². The van der Waals surface area contributed by atoms with E-state index in [1.165, 1.54) is 19.3 Å². The van der Waals surface area contributed by atoms with Gasteiger partial charge in [-0.1, -0.05) is 18.2 Å². The van der Waals surface area contributed by atoms with E-state index < -0.39 is 0 Å². The van der Waals surface area contributed by atoms with Crippen LogP contribution in [0.4, 0.5) is 5.69 Å². The molecule has 0 aliphatic heterocycles. The molecule has 2 N–H and O–H groups in total. The van der Waals surface area contributed by atoms with Gasteiger partial charge in [0.05, 0.1) is 0 Å². The number of amides is 2. The number of nitrogens with one attached hydrogen (secondary N) is 2. The van der Waals surface area contributed by atoms with Crippen LogP contribution in [-0.4, -0.2) is 17.4 Å². The number of ether oxygens (including phenoxy) is 1. The Kier molecular flexibility index (Phi) is 5.43. The van der Waals surface area contributed by atoms with Gasteiger partial charge in [0.2, 0.25) is 11.8 Å². The number of rotatable bonds is 7. The predicted molar refractivity (Wildman–Crippen MR) is 120 cm³/mol. The highest BCUT2D eigenvalue weighted by Gasteiger charge is 2.51. The van der Waals surface area contributed by atoms with Crippen molar-refractivity contribution in [2.75, 3.05) is 5.32 Å². The lowest BCUT2D eigenvalue weighted by atomic mass is 9.53. The van der Waals surface area contributed by atoms with E-state index in [4.69, 9.17) is 4.74 Å². The maximum absolute atomic E-state index is 12.6. The molecule has 2 aromatic rings. The van der Waals surface area contributed by atoms with E-state index >= 15 is 0 Å². The topological polar surface area (TPSA) is 67.4 Å². The van der Waals surface area contributed by atoms with Crippen LogP contribution in [0.25, 0.3) is 0 Å². The van der Waals surface area contributed by atoms with Crippen LogP contribution in [0.1, 0.15) is 51.4 Å².